The first-order valence-corrected chi connectivity index (χ1v) is 4.17. The van der Waals surface area contributed by atoms with E-state index in [-0.39, 0.29) is 17.7 Å². The van der Waals surface area contributed by atoms with Crippen LogP contribution in [0, 0.1) is 11.6 Å². The van der Waals surface area contributed by atoms with Crippen LogP contribution in [0.2, 0.25) is 0 Å². The highest BCUT2D eigenvalue weighted by Crippen LogP contribution is 2.25. The Morgan fingerprint density at radius 3 is 2.40 bits per heavy atom. The maximum atomic E-state index is 13.3. The van der Waals surface area contributed by atoms with Crippen molar-refractivity contribution in [2.24, 2.45) is 0 Å². The number of carbonyl (C=O) groups is 1. The van der Waals surface area contributed by atoms with E-state index < -0.39 is 17.6 Å². The zero-order valence-electron chi connectivity index (χ0n) is 8.34. The third kappa shape index (κ3) is 2.43. The van der Waals surface area contributed by atoms with Crippen molar-refractivity contribution in [2.45, 2.75) is 6.42 Å². The molecule has 0 amide bonds. The van der Waals surface area contributed by atoms with Crippen LogP contribution < -0.4 is 4.74 Å². The number of carbonyl (C=O) groups excluding carboxylic acids is 1. The molecule has 1 aromatic rings. The summed E-state index contributed by atoms with van der Waals surface area (Å²) in [6.45, 7) is 0. The number of hydrogen-bond acceptors (Lipinski definition) is 3. The minimum absolute atomic E-state index is 0.135. The summed E-state index contributed by atoms with van der Waals surface area (Å²) in [5.74, 6) is -2.32. The molecule has 0 saturated heterocycles. The van der Waals surface area contributed by atoms with Crippen LogP contribution in [0.3, 0.4) is 0 Å². The fraction of sp³-hybridized carbons (Fsp3) is 0.300. The molecule has 0 bridgehead atoms. The van der Waals surface area contributed by atoms with Crippen LogP contribution in [-0.2, 0) is 16.0 Å². The van der Waals surface area contributed by atoms with E-state index in [1.165, 1.54) is 14.2 Å². The van der Waals surface area contributed by atoms with Gasteiger partial charge in [-0.05, 0) is 12.1 Å². The van der Waals surface area contributed by atoms with Crippen LogP contribution in [0.4, 0.5) is 8.78 Å². The summed E-state index contributed by atoms with van der Waals surface area (Å²) >= 11 is 0. The standard InChI is InChI=1S/C10H10F2O3/c1-14-9(13)5-6-7(11)3-4-8(12)10(6)15-2/h3-4H,5H2,1-2H3. The van der Waals surface area contributed by atoms with Crippen molar-refractivity contribution in [3.63, 3.8) is 0 Å². The van der Waals surface area contributed by atoms with Crippen molar-refractivity contribution >= 4 is 5.97 Å². The van der Waals surface area contributed by atoms with Crippen molar-refractivity contribution in [3.05, 3.63) is 29.3 Å². The van der Waals surface area contributed by atoms with Gasteiger partial charge in [0.05, 0.1) is 20.6 Å². The monoisotopic (exact) mass is 216 g/mol. The highest BCUT2D eigenvalue weighted by molar-refractivity contribution is 5.73. The fourth-order valence-corrected chi connectivity index (χ4v) is 1.18. The van der Waals surface area contributed by atoms with E-state index in [4.69, 9.17) is 0 Å². The van der Waals surface area contributed by atoms with Gasteiger partial charge in [-0.2, -0.15) is 0 Å². The van der Waals surface area contributed by atoms with Crippen LogP contribution in [-0.4, -0.2) is 20.2 Å². The van der Waals surface area contributed by atoms with E-state index in [0.29, 0.717) is 0 Å². The van der Waals surface area contributed by atoms with Gasteiger partial charge < -0.3 is 9.47 Å². The summed E-state index contributed by atoms with van der Waals surface area (Å²) in [5, 5.41) is 0. The topological polar surface area (TPSA) is 35.5 Å². The van der Waals surface area contributed by atoms with Crippen molar-refractivity contribution in [1.82, 2.24) is 0 Å². The van der Waals surface area contributed by atoms with Gasteiger partial charge in [0.25, 0.3) is 0 Å². The zero-order valence-corrected chi connectivity index (χ0v) is 8.34. The van der Waals surface area contributed by atoms with Crippen molar-refractivity contribution in [3.8, 4) is 5.75 Å². The van der Waals surface area contributed by atoms with Gasteiger partial charge in [-0.25, -0.2) is 8.78 Å². The lowest BCUT2D eigenvalue weighted by Gasteiger charge is -2.09. The molecule has 0 radical (unpaired) electrons. The van der Waals surface area contributed by atoms with Crippen molar-refractivity contribution in [2.75, 3.05) is 14.2 Å². The first-order chi connectivity index (χ1) is 7.10. The van der Waals surface area contributed by atoms with Gasteiger partial charge in [0.2, 0.25) is 0 Å². The molecule has 0 fully saturated rings. The number of methoxy groups -OCH3 is 2. The molecule has 15 heavy (non-hydrogen) atoms. The zero-order chi connectivity index (χ0) is 11.4. The summed E-state index contributed by atoms with van der Waals surface area (Å²) in [6.07, 6.45) is -0.358. The largest absolute Gasteiger partial charge is 0.493 e. The van der Waals surface area contributed by atoms with Gasteiger partial charge >= 0.3 is 5.97 Å². The summed E-state index contributed by atoms with van der Waals surface area (Å²) in [5.41, 5.74) is -0.135. The molecule has 0 aliphatic carbocycles. The molecule has 0 aliphatic heterocycles. The third-order valence-corrected chi connectivity index (χ3v) is 1.91. The van der Waals surface area contributed by atoms with Crippen LogP contribution in [0.5, 0.6) is 5.75 Å². The van der Waals surface area contributed by atoms with Gasteiger partial charge in [-0.3, -0.25) is 4.79 Å². The second-order valence-electron chi connectivity index (χ2n) is 2.79. The van der Waals surface area contributed by atoms with E-state index in [0.717, 1.165) is 12.1 Å². The van der Waals surface area contributed by atoms with E-state index >= 15 is 0 Å². The molecule has 0 saturated carbocycles. The van der Waals surface area contributed by atoms with Gasteiger partial charge in [0, 0.05) is 5.56 Å². The van der Waals surface area contributed by atoms with E-state index in [1.54, 1.807) is 0 Å². The van der Waals surface area contributed by atoms with Crippen molar-refractivity contribution < 1.29 is 23.0 Å². The Labute approximate surface area is 85.6 Å². The summed E-state index contributed by atoms with van der Waals surface area (Å²) in [7, 11) is 2.38. The third-order valence-electron chi connectivity index (χ3n) is 1.91. The lowest BCUT2D eigenvalue weighted by atomic mass is 10.1. The Bertz CT molecular complexity index is 377. The molecule has 1 rings (SSSR count). The lowest BCUT2D eigenvalue weighted by molar-refractivity contribution is -0.139. The average molecular weight is 216 g/mol. The molecule has 82 valence electrons. The van der Waals surface area contributed by atoms with Crippen LogP contribution >= 0.6 is 0 Å². The second-order valence-corrected chi connectivity index (χ2v) is 2.79. The second kappa shape index (κ2) is 4.72. The fourth-order valence-electron chi connectivity index (χ4n) is 1.18. The number of benzene rings is 1. The molecular weight excluding hydrogens is 206 g/mol. The molecule has 0 spiro atoms. The number of esters is 1. The molecular formula is C10H10F2O3. The Morgan fingerprint density at radius 1 is 1.27 bits per heavy atom. The van der Waals surface area contributed by atoms with Gasteiger partial charge in [-0.15, -0.1) is 0 Å². The van der Waals surface area contributed by atoms with Crippen LogP contribution in [0.15, 0.2) is 12.1 Å². The summed E-state index contributed by atoms with van der Waals surface area (Å²) in [4.78, 5) is 10.9. The summed E-state index contributed by atoms with van der Waals surface area (Å²) in [6, 6.07) is 1.88. The molecule has 0 atom stereocenters. The Kier molecular flexibility index (Phi) is 3.60. The highest BCUT2D eigenvalue weighted by atomic mass is 19.1. The minimum atomic E-state index is -0.710. The highest BCUT2D eigenvalue weighted by Gasteiger charge is 2.17. The maximum absolute atomic E-state index is 13.3. The molecule has 0 N–H and O–H groups in total. The van der Waals surface area contributed by atoms with E-state index in [1.807, 2.05) is 0 Å². The van der Waals surface area contributed by atoms with E-state index in [2.05, 4.69) is 9.47 Å². The number of hydrogen-bond donors (Lipinski definition) is 0. The minimum Gasteiger partial charge on any atom is -0.493 e. The van der Waals surface area contributed by atoms with Crippen molar-refractivity contribution in [1.29, 1.82) is 0 Å². The number of halogens is 2. The predicted octanol–water partition coefficient (Wildman–Crippen LogP) is 1.69. The van der Waals surface area contributed by atoms with E-state index in [9.17, 15) is 13.6 Å². The molecule has 3 nitrogen and oxygen atoms in total. The predicted molar refractivity (Wildman–Crippen MR) is 48.6 cm³/mol. The first-order valence-electron chi connectivity index (χ1n) is 4.17. The Balaban J connectivity index is 3.13. The molecule has 0 aromatic heterocycles. The maximum Gasteiger partial charge on any atom is 0.310 e. The number of rotatable bonds is 3. The van der Waals surface area contributed by atoms with Crippen LogP contribution in [0.1, 0.15) is 5.56 Å². The average Bonchev–Trinajstić information content (AvgIpc) is 2.23. The van der Waals surface area contributed by atoms with Gasteiger partial charge in [-0.1, -0.05) is 0 Å². The first kappa shape index (κ1) is 11.4. The normalized spacial score (nSPS) is 9.87. The molecule has 5 heteroatoms. The van der Waals surface area contributed by atoms with Gasteiger partial charge in [0.1, 0.15) is 5.82 Å². The molecule has 1 aromatic carbocycles. The smallest absolute Gasteiger partial charge is 0.310 e. The lowest BCUT2D eigenvalue weighted by Crippen LogP contribution is -2.08. The molecule has 0 heterocycles. The Hall–Kier alpha value is -1.65. The van der Waals surface area contributed by atoms with Crippen LogP contribution in [0.25, 0.3) is 0 Å². The Morgan fingerprint density at radius 2 is 1.87 bits per heavy atom. The van der Waals surface area contributed by atoms with Gasteiger partial charge in [0.15, 0.2) is 11.6 Å². The summed E-state index contributed by atoms with van der Waals surface area (Å²) < 4.78 is 35.4. The quantitative estimate of drug-likeness (QED) is 0.721. The number of ether oxygens (including phenoxy) is 2. The SMILES string of the molecule is COC(=O)Cc1c(F)ccc(F)c1OC. The molecule has 0 aliphatic rings. The molecule has 0 unspecified atom stereocenters.